The van der Waals surface area contributed by atoms with E-state index < -0.39 is 28.0 Å². The van der Waals surface area contributed by atoms with E-state index in [2.05, 4.69) is 5.32 Å². The summed E-state index contributed by atoms with van der Waals surface area (Å²) in [6.07, 6.45) is 5.46. The van der Waals surface area contributed by atoms with Crippen LogP contribution >= 0.6 is 0 Å². The number of amides is 1. The van der Waals surface area contributed by atoms with Gasteiger partial charge in [0.05, 0.1) is 4.90 Å². The summed E-state index contributed by atoms with van der Waals surface area (Å²) in [6.45, 7) is 4.90. The number of anilines is 1. The predicted octanol–water partition coefficient (Wildman–Crippen LogP) is 5.80. The molecule has 204 valence electrons. The van der Waals surface area contributed by atoms with Gasteiger partial charge in [0, 0.05) is 30.4 Å². The van der Waals surface area contributed by atoms with Crippen LogP contribution in [0.1, 0.15) is 54.0 Å². The summed E-state index contributed by atoms with van der Waals surface area (Å²) in [5.74, 6) is -1.15. The molecule has 3 aromatic carbocycles. The lowest BCUT2D eigenvalue weighted by Gasteiger charge is -2.20. The fraction of sp³-hybridized carbons (Fsp3) is 0.290. The number of nitrogens with one attached hydrogen (secondary N) is 1. The molecule has 39 heavy (non-hydrogen) atoms. The molecule has 4 rings (SSSR count). The maximum absolute atomic E-state index is 13.2. The van der Waals surface area contributed by atoms with E-state index in [9.17, 15) is 18.0 Å². The summed E-state index contributed by atoms with van der Waals surface area (Å²) < 4.78 is 33.1. The van der Waals surface area contributed by atoms with Crippen molar-refractivity contribution in [1.82, 2.24) is 4.31 Å². The van der Waals surface area contributed by atoms with Crippen molar-refractivity contribution in [3.8, 4) is 0 Å². The van der Waals surface area contributed by atoms with Crippen LogP contribution in [0.4, 0.5) is 5.69 Å². The molecule has 7 nitrogen and oxygen atoms in total. The first-order valence-corrected chi connectivity index (χ1v) is 14.6. The largest absolute Gasteiger partial charge is 0.444 e. The molecule has 3 aromatic rings. The van der Waals surface area contributed by atoms with Crippen LogP contribution in [0.25, 0.3) is 6.08 Å². The zero-order chi connectivity index (χ0) is 27.8. The van der Waals surface area contributed by atoms with E-state index in [0.29, 0.717) is 29.9 Å². The number of sulfonamides is 1. The number of benzene rings is 3. The van der Waals surface area contributed by atoms with Crippen molar-refractivity contribution in [2.75, 3.05) is 18.4 Å². The average Bonchev–Trinajstić information content (AvgIpc) is 3.24. The Morgan fingerprint density at radius 3 is 2.23 bits per heavy atom. The van der Waals surface area contributed by atoms with E-state index >= 15 is 0 Å². The first-order chi connectivity index (χ1) is 18.7. The third-order valence-electron chi connectivity index (χ3n) is 6.72. The van der Waals surface area contributed by atoms with Gasteiger partial charge < -0.3 is 10.1 Å². The van der Waals surface area contributed by atoms with E-state index in [1.54, 1.807) is 52.8 Å². The zero-order valence-electron chi connectivity index (χ0n) is 22.3. The number of nitrogens with zero attached hydrogens (tertiary/aromatic N) is 1. The molecule has 1 N–H and O–H groups in total. The number of carbonyl (C=O) groups excluding carboxylic acids is 2. The van der Waals surface area contributed by atoms with Gasteiger partial charge in [-0.15, -0.1) is 0 Å². The molecule has 8 heteroatoms. The second-order valence-electron chi connectivity index (χ2n) is 9.76. The third kappa shape index (κ3) is 7.43. The molecule has 0 saturated carbocycles. The lowest BCUT2D eigenvalue weighted by Crippen LogP contribution is -2.31. The molecule has 1 saturated heterocycles. The molecular formula is C31H34N2O5S. The van der Waals surface area contributed by atoms with E-state index in [-0.39, 0.29) is 4.90 Å². The van der Waals surface area contributed by atoms with Crippen LogP contribution in [0.5, 0.6) is 0 Å². The van der Waals surface area contributed by atoms with Gasteiger partial charge in [-0.3, -0.25) is 4.79 Å². The Morgan fingerprint density at radius 2 is 1.56 bits per heavy atom. The lowest BCUT2D eigenvalue weighted by atomic mass is 10.1. The highest BCUT2D eigenvalue weighted by Gasteiger charge is 2.26. The lowest BCUT2D eigenvalue weighted by molar-refractivity contribution is -0.149. The van der Waals surface area contributed by atoms with Gasteiger partial charge in [0.25, 0.3) is 5.91 Å². The zero-order valence-corrected chi connectivity index (χ0v) is 23.1. The minimum absolute atomic E-state index is 0.233. The first kappa shape index (κ1) is 28.3. The summed E-state index contributed by atoms with van der Waals surface area (Å²) in [5, 5.41) is 2.88. The van der Waals surface area contributed by atoms with Gasteiger partial charge in [0.2, 0.25) is 16.1 Å². The fourth-order valence-corrected chi connectivity index (χ4v) is 5.99. The van der Waals surface area contributed by atoms with Gasteiger partial charge >= 0.3 is 5.97 Å². The van der Waals surface area contributed by atoms with Crippen LogP contribution in [-0.2, 0) is 24.3 Å². The van der Waals surface area contributed by atoms with Crippen LogP contribution in [0, 0.1) is 13.8 Å². The van der Waals surface area contributed by atoms with E-state index in [1.807, 2.05) is 38.1 Å². The highest BCUT2D eigenvalue weighted by molar-refractivity contribution is 7.89. The smallest absolute Gasteiger partial charge is 0.331 e. The maximum atomic E-state index is 13.2. The Morgan fingerprint density at radius 1 is 0.897 bits per heavy atom. The first-order valence-electron chi connectivity index (χ1n) is 13.2. The van der Waals surface area contributed by atoms with Crippen molar-refractivity contribution in [1.29, 1.82) is 0 Å². The van der Waals surface area contributed by atoms with Crippen LogP contribution in [-0.4, -0.2) is 37.7 Å². The standard InChI is InChI=1S/C31H34N2O5S/c1-23-12-13-24(2)28(22-23)32-31(35)30(26-10-6-5-7-11-26)38-29(34)19-16-25-14-17-27(18-15-25)39(36,37)33-20-8-3-4-9-21-33/h5-7,10-19,22,30H,3-4,8-9,20-21H2,1-2H3,(H,32,35)/b19-16+. The normalized spacial score (nSPS) is 15.4. The van der Waals surface area contributed by atoms with Crippen LogP contribution in [0.3, 0.4) is 0 Å². The Balaban J connectivity index is 1.45. The topological polar surface area (TPSA) is 92.8 Å². The van der Waals surface area contributed by atoms with E-state index in [1.165, 1.54) is 12.2 Å². The van der Waals surface area contributed by atoms with Crippen LogP contribution < -0.4 is 5.32 Å². The molecule has 1 atom stereocenters. The quantitative estimate of drug-likeness (QED) is 0.285. The highest BCUT2D eigenvalue weighted by atomic mass is 32.2. The van der Waals surface area contributed by atoms with Gasteiger partial charge in [-0.1, -0.05) is 67.4 Å². The summed E-state index contributed by atoms with van der Waals surface area (Å²) in [7, 11) is -3.55. The van der Waals surface area contributed by atoms with Crippen LogP contribution in [0.15, 0.2) is 83.8 Å². The van der Waals surface area contributed by atoms with Crippen molar-refractivity contribution < 1.29 is 22.7 Å². The van der Waals surface area contributed by atoms with Gasteiger partial charge in [0.15, 0.2) is 0 Å². The molecule has 1 unspecified atom stereocenters. The van der Waals surface area contributed by atoms with E-state index in [0.717, 1.165) is 36.8 Å². The number of esters is 1. The number of hydrogen-bond donors (Lipinski definition) is 1. The number of aryl methyl sites for hydroxylation is 2. The monoisotopic (exact) mass is 546 g/mol. The summed E-state index contributed by atoms with van der Waals surface area (Å²) in [5.41, 5.74) is 3.73. The molecule has 1 aliphatic heterocycles. The van der Waals surface area contributed by atoms with Crippen molar-refractivity contribution in [3.05, 3.63) is 101 Å². The minimum atomic E-state index is -3.55. The Hall–Kier alpha value is -3.75. The Bertz CT molecular complexity index is 1430. The van der Waals surface area contributed by atoms with Crippen molar-refractivity contribution in [2.24, 2.45) is 0 Å². The molecule has 1 amide bonds. The molecule has 1 aliphatic rings. The van der Waals surface area contributed by atoms with Gasteiger partial charge in [-0.2, -0.15) is 4.31 Å². The van der Waals surface area contributed by atoms with E-state index in [4.69, 9.17) is 4.74 Å². The Labute approximate surface area is 230 Å². The van der Waals surface area contributed by atoms with Gasteiger partial charge in [-0.25, -0.2) is 13.2 Å². The molecule has 0 aromatic heterocycles. The third-order valence-corrected chi connectivity index (χ3v) is 8.63. The molecular weight excluding hydrogens is 512 g/mol. The average molecular weight is 547 g/mol. The number of rotatable bonds is 8. The fourth-order valence-electron chi connectivity index (χ4n) is 4.47. The maximum Gasteiger partial charge on any atom is 0.331 e. The number of hydrogen-bond acceptors (Lipinski definition) is 5. The molecule has 0 aliphatic carbocycles. The minimum Gasteiger partial charge on any atom is -0.444 e. The second-order valence-corrected chi connectivity index (χ2v) is 11.7. The highest BCUT2D eigenvalue weighted by Crippen LogP contribution is 2.24. The van der Waals surface area contributed by atoms with Crippen molar-refractivity contribution in [2.45, 2.75) is 50.5 Å². The number of ether oxygens (including phenoxy) is 1. The predicted molar refractivity (Wildman–Crippen MR) is 153 cm³/mol. The summed E-state index contributed by atoms with van der Waals surface area (Å²) >= 11 is 0. The molecule has 0 radical (unpaired) electrons. The molecule has 0 spiro atoms. The van der Waals surface area contributed by atoms with Crippen molar-refractivity contribution >= 4 is 33.7 Å². The second kappa shape index (κ2) is 12.9. The molecule has 1 fully saturated rings. The summed E-state index contributed by atoms with van der Waals surface area (Å²) in [4.78, 5) is 26.2. The molecule has 0 bridgehead atoms. The van der Waals surface area contributed by atoms with Crippen LogP contribution in [0.2, 0.25) is 0 Å². The van der Waals surface area contributed by atoms with Gasteiger partial charge in [-0.05, 0) is 67.7 Å². The molecule has 1 heterocycles. The Kier molecular flexibility index (Phi) is 9.32. The summed E-state index contributed by atoms with van der Waals surface area (Å²) in [6, 6.07) is 21.0. The number of carbonyl (C=O) groups is 2. The SMILES string of the molecule is Cc1ccc(C)c(NC(=O)C(OC(=O)/C=C/c2ccc(S(=O)(=O)N3CCCCCC3)cc2)c2ccccc2)c1. The van der Waals surface area contributed by atoms with Gasteiger partial charge in [0.1, 0.15) is 0 Å². The van der Waals surface area contributed by atoms with Crippen molar-refractivity contribution in [3.63, 3.8) is 0 Å².